The quantitative estimate of drug-likeness (QED) is 0.803. The molecular formula is C13H16FN3. The highest BCUT2D eigenvalue weighted by molar-refractivity contribution is 5.41. The van der Waals surface area contributed by atoms with Crippen LogP contribution in [0.4, 0.5) is 10.3 Å². The van der Waals surface area contributed by atoms with E-state index in [-0.39, 0.29) is 5.82 Å². The fourth-order valence-electron chi connectivity index (χ4n) is 1.62. The molecular weight excluding hydrogens is 217 g/mol. The van der Waals surface area contributed by atoms with Crippen LogP contribution in [0, 0.1) is 5.82 Å². The van der Waals surface area contributed by atoms with Gasteiger partial charge in [-0.25, -0.2) is 9.37 Å². The van der Waals surface area contributed by atoms with Gasteiger partial charge < -0.3 is 5.32 Å². The van der Waals surface area contributed by atoms with Gasteiger partial charge in [0.25, 0.3) is 0 Å². The molecule has 3 nitrogen and oxygen atoms in total. The maximum absolute atomic E-state index is 12.8. The lowest BCUT2D eigenvalue weighted by molar-refractivity contribution is 0.627. The zero-order valence-corrected chi connectivity index (χ0v) is 9.86. The van der Waals surface area contributed by atoms with Crippen molar-refractivity contribution in [2.45, 2.75) is 19.8 Å². The zero-order chi connectivity index (χ0) is 12.1. The number of halogens is 1. The predicted molar refractivity (Wildman–Crippen MR) is 66.9 cm³/mol. The summed E-state index contributed by atoms with van der Waals surface area (Å²) in [4.78, 5) is 4.24. The van der Waals surface area contributed by atoms with Crippen LogP contribution in [0.3, 0.4) is 0 Å². The fourth-order valence-corrected chi connectivity index (χ4v) is 1.62. The van der Waals surface area contributed by atoms with Crippen LogP contribution in [0.15, 0.2) is 36.7 Å². The van der Waals surface area contributed by atoms with Gasteiger partial charge in [-0.2, -0.15) is 0 Å². The molecule has 1 aromatic heterocycles. The normalized spacial score (nSPS) is 10.5. The van der Waals surface area contributed by atoms with E-state index in [0.717, 1.165) is 31.0 Å². The van der Waals surface area contributed by atoms with Gasteiger partial charge >= 0.3 is 0 Å². The number of aromatic nitrogens is 2. The molecule has 0 radical (unpaired) electrons. The first-order chi connectivity index (χ1) is 8.31. The van der Waals surface area contributed by atoms with E-state index in [2.05, 4.69) is 17.2 Å². The van der Waals surface area contributed by atoms with E-state index in [0.29, 0.717) is 0 Å². The fraction of sp³-hybridized carbons (Fsp3) is 0.308. The average Bonchev–Trinajstić information content (AvgIpc) is 2.79. The van der Waals surface area contributed by atoms with Crippen LogP contribution in [0.25, 0.3) is 5.69 Å². The smallest absolute Gasteiger partial charge is 0.207 e. The topological polar surface area (TPSA) is 29.9 Å². The van der Waals surface area contributed by atoms with Crippen molar-refractivity contribution < 1.29 is 4.39 Å². The van der Waals surface area contributed by atoms with Gasteiger partial charge in [0.1, 0.15) is 5.82 Å². The number of nitrogens with one attached hydrogen (secondary N) is 1. The number of anilines is 1. The molecule has 0 saturated heterocycles. The third kappa shape index (κ3) is 2.84. The van der Waals surface area contributed by atoms with E-state index in [1.165, 1.54) is 12.1 Å². The molecule has 1 heterocycles. The summed E-state index contributed by atoms with van der Waals surface area (Å²) in [5, 5.41) is 3.27. The van der Waals surface area contributed by atoms with E-state index in [1.54, 1.807) is 18.3 Å². The van der Waals surface area contributed by atoms with Crippen LogP contribution in [0.1, 0.15) is 19.8 Å². The number of benzene rings is 1. The Morgan fingerprint density at radius 1 is 1.29 bits per heavy atom. The Morgan fingerprint density at radius 3 is 2.76 bits per heavy atom. The highest BCUT2D eigenvalue weighted by Gasteiger charge is 2.03. The number of rotatable bonds is 5. The molecule has 2 rings (SSSR count). The lowest BCUT2D eigenvalue weighted by Gasteiger charge is -2.09. The minimum atomic E-state index is -0.227. The molecule has 0 bridgehead atoms. The van der Waals surface area contributed by atoms with Crippen molar-refractivity contribution in [3.05, 3.63) is 42.5 Å². The summed E-state index contributed by atoms with van der Waals surface area (Å²) in [7, 11) is 0. The molecule has 0 fully saturated rings. The van der Waals surface area contributed by atoms with Gasteiger partial charge in [-0.1, -0.05) is 13.3 Å². The summed E-state index contributed by atoms with van der Waals surface area (Å²) in [6.45, 7) is 3.04. The van der Waals surface area contributed by atoms with Gasteiger partial charge in [0.05, 0.1) is 0 Å². The van der Waals surface area contributed by atoms with Gasteiger partial charge in [-0.15, -0.1) is 0 Å². The molecule has 0 amide bonds. The summed E-state index contributed by atoms with van der Waals surface area (Å²) in [6, 6.07) is 6.38. The van der Waals surface area contributed by atoms with Crippen LogP contribution in [0.2, 0.25) is 0 Å². The van der Waals surface area contributed by atoms with Crippen LogP contribution < -0.4 is 5.32 Å². The maximum atomic E-state index is 12.8. The molecule has 0 aliphatic heterocycles. The molecule has 4 heteroatoms. The van der Waals surface area contributed by atoms with E-state index < -0.39 is 0 Å². The monoisotopic (exact) mass is 233 g/mol. The summed E-state index contributed by atoms with van der Waals surface area (Å²) in [5.41, 5.74) is 0.905. The number of hydrogen-bond donors (Lipinski definition) is 1. The third-order valence-corrected chi connectivity index (χ3v) is 2.56. The molecule has 90 valence electrons. The molecule has 1 N–H and O–H groups in total. The summed E-state index contributed by atoms with van der Waals surface area (Å²) < 4.78 is 14.7. The highest BCUT2D eigenvalue weighted by Crippen LogP contribution is 2.14. The molecule has 0 spiro atoms. The maximum Gasteiger partial charge on any atom is 0.207 e. The first-order valence-corrected chi connectivity index (χ1v) is 5.84. The second kappa shape index (κ2) is 5.48. The Labute approximate surface area is 100 Å². The first-order valence-electron chi connectivity index (χ1n) is 5.84. The summed E-state index contributed by atoms with van der Waals surface area (Å²) >= 11 is 0. The number of nitrogens with zero attached hydrogens (tertiary/aromatic N) is 2. The Balaban J connectivity index is 2.15. The van der Waals surface area contributed by atoms with Crippen LogP contribution in [0.5, 0.6) is 0 Å². The van der Waals surface area contributed by atoms with Crippen molar-refractivity contribution >= 4 is 5.95 Å². The van der Waals surface area contributed by atoms with Gasteiger partial charge in [0.2, 0.25) is 5.95 Å². The Bertz CT molecular complexity index is 462. The highest BCUT2D eigenvalue weighted by atomic mass is 19.1. The number of hydrogen-bond acceptors (Lipinski definition) is 2. The zero-order valence-electron chi connectivity index (χ0n) is 9.86. The van der Waals surface area contributed by atoms with Crippen LogP contribution >= 0.6 is 0 Å². The van der Waals surface area contributed by atoms with E-state index in [1.807, 2.05) is 10.8 Å². The molecule has 0 aliphatic rings. The Kier molecular flexibility index (Phi) is 3.75. The SMILES string of the molecule is CCCCNc1nccn1-c1ccc(F)cc1. The van der Waals surface area contributed by atoms with Crippen LogP contribution in [-0.2, 0) is 0 Å². The summed E-state index contributed by atoms with van der Waals surface area (Å²) in [6.07, 6.45) is 5.85. The van der Waals surface area contributed by atoms with Gasteiger partial charge in [0.15, 0.2) is 0 Å². The molecule has 0 aliphatic carbocycles. The number of unbranched alkanes of at least 4 members (excludes halogenated alkanes) is 1. The van der Waals surface area contributed by atoms with Crippen molar-refractivity contribution in [2.75, 3.05) is 11.9 Å². The van der Waals surface area contributed by atoms with Gasteiger partial charge in [-0.3, -0.25) is 4.57 Å². The molecule has 0 saturated carbocycles. The Morgan fingerprint density at radius 2 is 2.06 bits per heavy atom. The Hall–Kier alpha value is -1.84. The van der Waals surface area contributed by atoms with E-state index in [4.69, 9.17) is 0 Å². The van der Waals surface area contributed by atoms with Crippen molar-refractivity contribution in [2.24, 2.45) is 0 Å². The van der Waals surface area contributed by atoms with E-state index >= 15 is 0 Å². The largest absolute Gasteiger partial charge is 0.355 e. The first kappa shape index (κ1) is 11.6. The lowest BCUT2D eigenvalue weighted by atomic mass is 10.3. The predicted octanol–water partition coefficient (Wildman–Crippen LogP) is 3.22. The minimum absolute atomic E-state index is 0.227. The lowest BCUT2D eigenvalue weighted by Crippen LogP contribution is -2.07. The molecule has 17 heavy (non-hydrogen) atoms. The molecule has 0 atom stereocenters. The minimum Gasteiger partial charge on any atom is -0.355 e. The third-order valence-electron chi connectivity index (χ3n) is 2.56. The second-order valence-electron chi connectivity index (χ2n) is 3.88. The van der Waals surface area contributed by atoms with Gasteiger partial charge in [-0.05, 0) is 30.7 Å². The standard InChI is InChI=1S/C13H16FN3/c1-2-3-8-15-13-16-9-10-17(13)12-6-4-11(14)5-7-12/h4-7,9-10H,2-3,8H2,1H3,(H,15,16). The van der Waals surface area contributed by atoms with Gasteiger partial charge in [0, 0.05) is 24.6 Å². The van der Waals surface area contributed by atoms with Crippen molar-refractivity contribution in [3.63, 3.8) is 0 Å². The van der Waals surface area contributed by atoms with Crippen LogP contribution in [-0.4, -0.2) is 16.1 Å². The van der Waals surface area contributed by atoms with E-state index in [9.17, 15) is 4.39 Å². The number of imidazole rings is 1. The van der Waals surface area contributed by atoms with Crippen molar-refractivity contribution in [1.29, 1.82) is 0 Å². The molecule has 1 aromatic carbocycles. The second-order valence-corrected chi connectivity index (χ2v) is 3.88. The molecule has 2 aromatic rings. The van der Waals surface area contributed by atoms with Crippen molar-refractivity contribution in [3.8, 4) is 5.69 Å². The molecule has 0 unspecified atom stereocenters. The average molecular weight is 233 g/mol. The van der Waals surface area contributed by atoms with Crippen molar-refractivity contribution in [1.82, 2.24) is 9.55 Å². The summed E-state index contributed by atoms with van der Waals surface area (Å²) in [5.74, 6) is 0.569.